The van der Waals surface area contributed by atoms with Crippen LogP contribution < -0.4 is 0 Å². The van der Waals surface area contributed by atoms with Gasteiger partial charge in [-0.05, 0) is 33.6 Å². The molecule has 0 amide bonds. The van der Waals surface area contributed by atoms with Gasteiger partial charge >= 0.3 is 23.9 Å². The zero-order valence-electron chi connectivity index (χ0n) is 23.8. The van der Waals surface area contributed by atoms with Gasteiger partial charge in [-0.15, -0.1) is 0 Å². The molecule has 9 atom stereocenters. The predicted octanol–water partition coefficient (Wildman–Crippen LogP) is 2.95. The third kappa shape index (κ3) is 4.49. The molecule has 2 saturated carbocycles. The highest BCUT2D eigenvalue weighted by molar-refractivity contribution is 5.83. The summed E-state index contributed by atoms with van der Waals surface area (Å²) in [5.41, 5.74) is -3.57. The Morgan fingerprint density at radius 2 is 1.69 bits per heavy atom. The molecule has 0 aromatic rings. The molecule has 0 aromatic heterocycles. The monoisotopic (exact) mass is 548 g/mol. The van der Waals surface area contributed by atoms with E-state index in [1.54, 1.807) is 20.8 Å². The third-order valence-electron chi connectivity index (χ3n) is 9.56. The topological polar surface area (TPSA) is 135 Å². The second kappa shape index (κ2) is 9.73. The lowest BCUT2D eigenvalue weighted by molar-refractivity contribution is -0.373. The average Bonchev–Trinajstić information content (AvgIpc) is 3.15. The Balaban J connectivity index is 1.98. The molecule has 9 unspecified atom stereocenters. The molecule has 4 fully saturated rings. The van der Waals surface area contributed by atoms with Crippen LogP contribution in [-0.2, 0) is 42.9 Å². The van der Waals surface area contributed by atoms with E-state index >= 15 is 0 Å². The van der Waals surface area contributed by atoms with Gasteiger partial charge < -0.3 is 28.8 Å². The molecular formula is C29H40O10. The van der Waals surface area contributed by atoms with Crippen LogP contribution in [0.5, 0.6) is 0 Å². The molecule has 2 saturated heterocycles. The SMILES string of the molecule is C=C1CCC(OC(C)=O)C2C1(C)C(O)C(OC(=O)C=C(C)C)C1(C)OC3(COC(=O)C3)CC(OC(C)=O)C21C. The Hall–Kier alpha value is -2.72. The maximum Gasteiger partial charge on any atom is 0.331 e. The first-order valence-corrected chi connectivity index (χ1v) is 13.4. The van der Waals surface area contributed by atoms with Crippen LogP contribution in [0, 0.1) is 16.7 Å². The second-order valence-corrected chi connectivity index (χ2v) is 12.4. The van der Waals surface area contributed by atoms with Gasteiger partial charge in [0.15, 0.2) is 6.10 Å². The minimum absolute atomic E-state index is 0.0813. The summed E-state index contributed by atoms with van der Waals surface area (Å²) in [6.45, 7) is 15.7. The molecule has 1 N–H and O–H groups in total. The zero-order valence-corrected chi connectivity index (χ0v) is 23.8. The highest BCUT2D eigenvalue weighted by Gasteiger charge is 2.78. The molecule has 1 spiro atoms. The standard InChI is InChI=1S/C29H40O10/c1-15(2)11-21(32)38-25-24(34)26(6)16(3)9-10-19(36-17(4)30)23(26)27(7)20(37-18(5)31)12-29(39-28(25,27)8)13-22(33)35-14-29/h11,19-20,23-25,34H,3,9-10,12-14H2,1-2,4-8H3. The molecule has 2 aliphatic carbocycles. The first-order chi connectivity index (χ1) is 18.0. The van der Waals surface area contributed by atoms with Gasteiger partial charge in [0.2, 0.25) is 0 Å². The van der Waals surface area contributed by atoms with Crippen LogP contribution in [-0.4, -0.2) is 71.2 Å². The molecule has 0 aromatic carbocycles. The minimum atomic E-state index is -1.51. The van der Waals surface area contributed by atoms with Gasteiger partial charge in [0, 0.05) is 43.1 Å². The van der Waals surface area contributed by atoms with E-state index < -0.39 is 76.2 Å². The molecule has 0 radical (unpaired) electrons. The van der Waals surface area contributed by atoms with Crippen LogP contribution in [0.3, 0.4) is 0 Å². The van der Waals surface area contributed by atoms with E-state index in [0.717, 1.165) is 0 Å². The Labute approximate surface area is 229 Å². The first-order valence-electron chi connectivity index (χ1n) is 13.4. The van der Waals surface area contributed by atoms with E-state index in [1.165, 1.54) is 19.9 Å². The molecule has 10 heteroatoms. The summed E-state index contributed by atoms with van der Waals surface area (Å²) in [4.78, 5) is 50.1. The second-order valence-electron chi connectivity index (χ2n) is 12.4. The number of cyclic esters (lactones) is 1. The van der Waals surface area contributed by atoms with Crippen molar-refractivity contribution in [2.24, 2.45) is 16.7 Å². The van der Waals surface area contributed by atoms with Crippen molar-refractivity contribution in [1.29, 1.82) is 0 Å². The molecule has 2 aliphatic heterocycles. The quantitative estimate of drug-likeness (QED) is 0.242. The van der Waals surface area contributed by atoms with Gasteiger partial charge in [-0.3, -0.25) is 14.4 Å². The lowest BCUT2D eigenvalue weighted by atomic mass is 9.40. The van der Waals surface area contributed by atoms with Crippen LogP contribution in [0.15, 0.2) is 23.8 Å². The number of carbonyl (C=O) groups is 4. The van der Waals surface area contributed by atoms with Crippen LogP contribution in [0.1, 0.15) is 74.1 Å². The summed E-state index contributed by atoms with van der Waals surface area (Å²) >= 11 is 0. The number of aliphatic hydroxyl groups is 1. The summed E-state index contributed by atoms with van der Waals surface area (Å²) < 4.78 is 30.0. The van der Waals surface area contributed by atoms with Crippen molar-refractivity contribution in [2.75, 3.05) is 6.61 Å². The van der Waals surface area contributed by atoms with Crippen molar-refractivity contribution in [3.8, 4) is 0 Å². The van der Waals surface area contributed by atoms with E-state index in [-0.39, 0.29) is 19.4 Å². The summed E-state index contributed by atoms with van der Waals surface area (Å²) in [5, 5.41) is 12.1. The van der Waals surface area contributed by atoms with E-state index in [9.17, 15) is 24.3 Å². The number of hydrogen-bond acceptors (Lipinski definition) is 10. The smallest absolute Gasteiger partial charge is 0.331 e. The number of fused-ring (bicyclic) bond motifs is 3. The van der Waals surface area contributed by atoms with Crippen molar-refractivity contribution >= 4 is 23.9 Å². The van der Waals surface area contributed by atoms with Crippen molar-refractivity contribution in [1.82, 2.24) is 0 Å². The van der Waals surface area contributed by atoms with Crippen molar-refractivity contribution < 1.29 is 48.0 Å². The summed E-state index contributed by atoms with van der Waals surface area (Å²) in [7, 11) is 0. The van der Waals surface area contributed by atoms with Crippen LogP contribution in [0.25, 0.3) is 0 Å². The van der Waals surface area contributed by atoms with E-state index in [1.807, 2.05) is 13.8 Å². The van der Waals surface area contributed by atoms with Crippen molar-refractivity contribution in [3.05, 3.63) is 23.8 Å². The average molecular weight is 549 g/mol. The fourth-order valence-electron chi connectivity index (χ4n) is 7.77. The fourth-order valence-corrected chi connectivity index (χ4v) is 7.77. The van der Waals surface area contributed by atoms with Crippen LogP contribution >= 0.6 is 0 Å². The minimum Gasteiger partial charge on any atom is -0.462 e. The number of rotatable bonds is 4. The number of ether oxygens (including phenoxy) is 5. The molecule has 2 heterocycles. The summed E-state index contributed by atoms with van der Waals surface area (Å²) in [5.74, 6) is -2.82. The Kier molecular flexibility index (Phi) is 7.30. The molecular weight excluding hydrogens is 508 g/mol. The number of allylic oxidation sites excluding steroid dienone is 1. The zero-order chi connectivity index (χ0) is 29.1. The maximum absolute atomic E-state index is 13.0. The van der Waals surface area contributed by atoms with E-state index in [0.29, 0.717) is 24.0 Å². The number of carbonyl (C=O) groups excluding carboxylic acids is 4. The molecule has 10 nitrogen and oxygen atoms in total. The maximum atomic E-state index is 13.0. The van der Waals surface area contributed by atoms with Gasteiger partial charge in [-0.2, -0.15) is 0 Å². The molecule has 39 heavy (non-hydrogen) atoms. The lowest BCUT2D eigenvalue weighted by Gasteiger charge is -2.71. The van der Waals surface area contributed by atoms with E-state index in [4.69, 9.17) is 23.7 Å². The molecule has 4 rings (SSSR count). The Morgan fingerprint density at radius 1 is 1.05 bits per heavy atom. The van der Waals surface area contributed by atoms with Crippen LogP contribution in [0.4, 0.5) is 0 Å². The summed E-state index contributed by atoms with van der Waals surface area (Å²) in [6, 6.07) is 0. The Morgan fingerprint density at radius 3 is 2.23 bits per heavy atom. The largest absolute Gasteiger partial charge is 0.462 e. The number of aliphatic hydroxyl groups excluding tert-OH is 1. The highest BCUT2D eigenvalue weighted by atomic mass is 16.6. The van der Waals surface area contributed by atoms with Gasteiger partial charge in [0.05, 0.1) is 6.42 Å². The fraction of sp³-hybridized carbons (Fsp3) is 0.724. The van der Waals surface area contributed by atoms with Gasteiger partial charge in [-0.25, -0.2) is 4.79 Å². The number of hydrogen-bond donors (Lipinski definition) is 1. The molecule has 216 valence electrons. The molecule has 0 bridgehead atoms. The normalized spacial score (nSPS) is 43.0. The highest BCUT2D eigenvalue weighted by Crippen LogP contribution is 2.69. The molecule has 4 aliphatic rings. The van der Waals surface area contributed by atoms with Gasteiger partial charge in [0.25, 0.3) is 0 Å². The first kappa shape index (κ1) is 29.3. The van der Waals surface area contributed by atoms with Crippen LogP contribution in [0.2, 0.25) is 0 Å². The Bertz CT molecular complexity index is 1120. The van der Waals surface area contributed by atoms with E-state index in [2.05, 4.69) is 6.58 Å². The lowest BCUT2D eigenvalue weighted by Crippen LogP contribution is -2.81. The third-order valence-corrected chi connectivity index (χ3v) is 9.56. The van der Waals surface area contributed by atoms with Crippen molar-refractivity contribution in [3.63, 3.8) is 0 Å². The number of esters is 4. The van der Waals surface area contributed by atoms with Gasteiger partial charge in [0.1, 0.15) is 36.1 Å². The van der Waals surface area contributed by atoms with Gasteiger partial charge in [-0.1, -0.05) is 31.6 Å². The predicted molar refractivity (Wildman–Crippen MR) is 137 cm³/mol. The summed E-state index contributed by atoms with van der Waals surface area (Å²) in [6.07, 6.45) is -1.86. The van der Waals surface area contributed by atoms with Crippen molar-refractivity contribution in [2.45, 2.75) is 110 Å².